The van der Waals surface area contributed by atoms with Crippen LogP contribution in [0.25, 0.3) is 0 Å². The number of carbonyl (C=O) groups excluding carboxylic acids is 1. The van der Waals surface area contributed by atoms with Crippen LogP contribution in [0, 0.1) is 11.6 Å². The molecule has 1 aromatic carbocycles. The van der Waals surface area contributed by atoms with Crippen LogP contribution in [-0.4, -0.2) is 37.4 Å². The smallest absolute Gasteiger partial charge is 0.220 e. The first kappa shape index (κ1) is 16.5. The van der Waals surface area contributed by atoms with E-state index in [1.54, 1.807) is 6.92 Å². The molecule has 0 saturated heterocycles. The molecule has 0 bridgehead atoms. The van der Waals surface area contributed by atoms with Crippen LogP contribution in [0.2, 0.25) is 0 Å². The lowest BCUT2D eigenvalue weighted by Gasteiger charge is -2.14. The third-order valence-electron chi connectivity index (χ3n) is 2.88. The van der Waals surface area contributed by atoms with Gasteiger partial charge in [-0.25, -0.2) is 8.78 Å². The maximum Gasteiger partial charge on any atom is 0.220 e. The molecule has 0 heterocycles. The van der Waals surface area contributed by atoms with Gasteiger partial charge in [0.2, 0.25) is 5.91 Å². The van der Waals surface area contributed by atoms with E-state index >= 15 is 0 Å². The number of amides is 1. The summed E-state index contributed by atoms with van der Waals surface area (Å²) in [5.74, 6) is -2.00. The largest absolute Gasteiger partial charge is 0.389 e. The molecule has 0 aliphatic carbocycles. The van der Waals surface area contributed by atoms with E-state index in [2.05, 4.69) is 5.32 Å². The van der Waals surface area contributed by atoms with E-state index in [9.17, 15) is 18.7 Å². The van der Waals surface area contributed by atoms with Crippen LogP contribution in [0.3, 0.4) is 0 Å². The fourth-order valence-corrected chi connectivity index (χ4v) is 1.84. The second kappa shape index (κ2) is 7.91. The van der Waals surface area contributed by atoms with Crippen LogP contribution in [0.1, 0.15) is 24.8 Å². The first-order valence-corrected chi connectivity index (χ1v) is 6.32. The molecule has 0 radical (unpaired) electrons. The Balaban J connectivity index is 2.49. The monoisotopic (exact) mass is 287 g/mol. The Kier molecular flexibility index (Phi) is 6.54. The number of rotatable bonds is 7. The Labute approximate surface area is 116 Å². The molecule has 2 N–H and O–H groups in total. The summed E-state index contributed by atoms with van der Waals surface area (Å²) in [7, 11) is 1.45. The van der Waals surface area contributed by atoms with Crippen molar-refractivity contribution in [2.45, 2.75) is 25.4 Å². The predicted molar refractivity (Wildman–Crippen MR) is 70.3 cm³/mol. The summed E-state index contributed by atoms with van der Waals surface area (Å²) in [5, 5.41) is 11.9. The second-order valence-corrected chi connectivity index (χ2v) is 4.68. The van der Waals surface area contributed by atoms with Crippen molar-refractivity contribution in [2.75, 3.05) is 20.3 Å². The van der Waals surface area contributed by atoms with E-state index < -0.39 is 17.7 Å². The molecule has 4 nitrogen and oxygen atoms in total. The van der Waals surface area contributed by atoms with Crippen LogP contribution in [0.15, 0.2) is 18.2 Å². The van der Waals surface area contributed by atoms with Gasteiger partial charge in [-0.15, -0.1) is 0 Å². The number of ether oxygens (including phenoxy) is 1. The molecule has 0 aromatic heterocycles. The number of aliphatic hydroxyl groups excluding tert-OH is 1. The van der Waals surface area contributed by atoms with Crippen LogP contribution in [0.4, 0.5) is 8.78 Å². The third-order valence-corrected chi connectivity index (χ3v) is 2.88. The fourth-order valence-electron chi connectivity index (χ4n) is 1.84. The van der Waals surface area contributed by atoms with Crippen molar-refractivity contribution in [1.29, 1.82) is 0 Å². The molecular weight excluding hydrogens is 268 g/mol. The molecule has 0 aliphatic rings. The Morgan fingerprint density at radius 2 is 2.15 bits per heavy atom. The summed E-state index contributed by atoms with van der Waals surface area (Å²) in [4.78, 5) is 11.7. The standard InChI is InChI=1S/C14H19F2NO3/c1-9(12-4-3-10(15)6-13(12)16)5-14(19)17-7-11(18)8-20-2/h3-4,6,9,11,18H,5,7-8H2,1-2H3,(H,17,19). The van der Waals surface area contributed by atoms with Gasteiger partial charge in [0.05, 0.1) is 12.7 Å². The molecule has 1 rings (SSSR count). The van der Waals surface area contributed by atoms with Crippen LogP contribution >= 0.6 is 0 Å². The minimum atomic E-state index is -0.776. The second-order valence-electron chi connectivity index (χ2n) is 4.68. The van der Waals surface area contributed by atoms with Gasteiger partial charge < -0.3 is 15.2 Å². The first-order valence-electron chi connectivity index (χ1n) is 6.32. The quantitative estimate of drug-likeness (QED) is 0.800. The topological polar surface area (TPSA) is 58.6 Å². The summed E-state index contributed by atoms with van der Waals surface area (Å²) in [6, 6.07) is 3.30. The Morgan fingerprint density at radius 3 is 2.75 bits per heavy atom. The maximum atomic E-state index is 13.5. The van der Waals surface area contributed by atoms with Gasteiger partial charge in [0.1, 0.15) is 11.6 Å². The van der Waals surface area contributed by atoms with Gasteiger partial charge in [-0.2, -0.15) is 0 Å². The lowest BCUT2D eigenvalue weighted by molar-refractivity contribution is -0.122. The highest BCUT2D eigenvalue weighted by atomic mass is 19.1. The number of aliphatic hydroxyl groups is 1. The van der Waals surface area contributed by atoms with E-state index in [-0.39, 0.29) is 31.4 Å². The van der Waals surface area contributed by atoms with Gasteiger partial charge in [0.25, 0.3) is 0 Å². The highest BCUT2D eigenvalue weighted by Gasteiger charge is 2.16. The first-order chi connectivity index (χ1) is 9.43. The minimum absolute atomic E-state index is 0.0578. The highest BCUT2D eigenvalue weighted by molar-refractivity contribution is 5.76. The van der Waals surface area contributed by atoms with E-state index in [4.69, 9.17) is 4.74 Å². The average Bonchev–Trinajstić information content (AvgIpc) is 2.36. The molecule has 2 atom stereocenters. The number of nitrogens with one attached hydrogen (secondary N) is 1. The predicted octanol–water partition coefficient (Wildman–Crippen LogP) is 1.58. The minimum Gasteiger partial charge on any atom is -0.389 e. The van der Waals surface area contributed by atoms with E-state index in [0.29, 0.717) is 5.56 Å². The summed E-state index contributed by atoms with van der Waals surface area (Å²) in [6.07, 6.45) is -0.718. The molecule has 0 aliphatic heterocycles. The Bertz CT molecular complexity index is 454. The van der Waals surface area contributed by atoms with E-state index in [1.165, 1.54) is 13.2 Å². The third kappa shape index (κ3) is 5.22. The number of methoxy groups -OCH3 is 1. The lowest BCUT2D eigenvalue weighted by atomic mass is 9.97. The van der Waals surface area contributed by atoms with Gasteiger partial charge >= 0.3 is 0 Å². The summed E-state index contributed by atoms with van der Waals surface area (Å²) in [6.45, 7) is 1.88. The van der Waals surface area contributed by atoms with Crippen LogP contribution < -0.4 is 5.32 Å². The molecule has 20 heavy (non-hydrogen) atoms. The maximum absolute atomic E-state index is 13.5. The SMILES string of the molecule is COCC(O)CNC(=O)CC(C)c1ccc(F)cc1F. The van der Waals surface area contributed by atoms with E-state index in [1.807, 2.05) is 0 Å². The number of hydrogen-bond acceptors (Lipinski definition) is 3. The highest BCUT2D eigenvalue weighted by Crippen LogP contribution is 2.22. The Hall–Kier alpha value is -1.53. The molecule has 2 unspecified atom stereocenters. The van der Waals surface area contributed by atoms with Gasteiger partial charge in [-0.1, -0.05) is 13.0 Å². The zero-order chi connectivity index (χ0) is 15.1. The summed E-state index contributed by atoms with van der Waals surface area (Å²) >= 11 is 0. The average molecular weight is 287 g/mol. The lowest BCUT2D eigenvalue weighted by Crippen LogP contribution is -2.34. The van der Waals surface area contributed by atoms with Gasteiger partial charge in [0.15, 0.2) is 0 Å². The number of carbonyl (C=O) groups is 1. The van der Waals surface area contributed by atoms with Gasteiger partial charge in [-0.05, 0) is 17.5 Å². The molecule has 6 heteroatoms. The van der Waals surface area contributed by atoms with Crippen molar-refractivity contribution in [2.24, 2.45) is 0 Å². The number of hydrogen-bond donors (Lipinski definition) is 2. The Morgan fingerprint density at radius 1 is 1.45 bits per heavy atom. The number of benzene rings is 1. The van der Waals surface area contributed by atoms with Crippen molar-refractivity contribution in [3.05, 3.63) is 35.4 Å². The molecule has 1 amide bonds. The fraction of sp³-hybridized carbons (Fsp3) is 0.500. The van der Waals surface area contributed by atoms with E-state index in [0.717, 1.165) is 12.1 Å². The van der Waals surface area contributed by atoms with Crippen molar-refractivity contribution in [1.82, 2.24) is 5.32 Å². The summed E-state index contributed by atoms with van der Waals surface area (Å²) in [5.41, 5.74) is 0.291. The van der Waals surface area contributed by atoms with Crippen molar-refractivity contribution < 1.29 is 23.4 Å². The van der Waals surface area contributed by atoms with Gasteiger partial charge in [0, 0.05) is 26.1 Å². The van der Waals surface area contributed by atoms with Crippen molar-refractivity contribution in [3.8, 4) is 0 Å². The zero-order valence-electron chi connectivity index (χ0n) is 11.5. The van der Waals surface area contributed by atoms with Gasteiger partial charge in [-0.3, -0.25) is 4.79 Å². The zero-order valence-corrected chi connectivity index (χ0v) is 11.5. The molecule has 112 valence electrons. The molecule has 1 aromatic rings. The van der Waals surface area contributed by atoms with Crippen molar-refractivity contribution >= 4 is 5.91 Å². The van der Waals surface area contributed by atoms with Crippen LogP contribution in [-0.2, 0) is 9.53 Å². The molecule has 0 spiro atoms. The number of halogens is 2. The van der Waals surface area contributed by atoms with Crippen molar-refractivity contribution in [3.63, 3.8) is 0 Å². The molecule has 0 fully saturated rings. The normalized spacial score (nSPS) is 13.8. The summed E-state index contributed by atoms with van der Waals surface area (Å²) < 4.78 is 31.1. The molecule has 0 saturated carbocycles. The molecular formula is C14H19F2NO3. The van der Waals surface area contributed by atoms with Crippen LogP contribution in [0.5, 0.6) is 0 Å².